The summed E-state index contributed by atoms with van der Waals surface area (Å²) < 4.78 is 16.1. The van der Waals surface area contributed by atoms with Crippen molar-refractivity contribution < 1.29 is 14.0 Å². The number of nitrogens with zero attached hydrogens (tertiary/aromatic N) is 2. The van der Waals surface area contributed by atoms with Gasteiger partial charge in [-0.05, 0) is 32.1 Å². The zero-order chi connectivity index (χ0) is 13.1. The first-order valence-electron chi connectivity index (χ1n) is 7.25. The highest BCUT2D eigenvalue weighted by Gasteiger charge is 2.42. The lowest BCUT2D eigenvalue weighted by Gasteiger charge is -2.38. The van der Waals surface area contributed by atoms with Gasteiger partial charge < -0.3 is 14.0 Å². The van der Waals surface area contributed by atoms with Crippen LogP contribution in [-0.2, 0) is 14.9 Å². The van der Waals surface area contributed by atoms with Crippen LogP contribution in [0.3, 0.4) is 0 Å². The topological polar surface area (TPSA) is 57.4 Å². The maximum Gasteiger partial charge on any atom is 0.229 e. The van der Waals surface area contributed by atoms with E-state index in [9.17, 15) is 0 Å². The summed E-state index contributed by atoms with van der Waals surface area (Å²) in [6.45, 7) is 2.37. The molecule has 2 fully saturated rings. The Morgan fingerprint density at radius 1 is 1.32 bits per heavy atom. The van der Waals surface area contributed by atoms with Crippen molar-refractivity contribution in [1.82, 2.24) is 10.1 Å². The van der Waals surface area contributed by atoms with Crippen LogP contribution in [0.25, 0.3) is 0 Å². The third-order valence-corrected chi connectivity index (χ3v) is 4.58. The molecule has 1 aliphatic carbocycles. The molecule has 3 rings (SSSR count). The Kier molecular flexibility index (Phi) is 3.84. The van der Waals surface area contributed by atoms with Crippen LogP contribution >= 0.6 is 0 Å². The van der Waals surface area contributed by atoms with Gasteiger partial charge in [-0.2, -0.15) is 4.98 Å². The molecule has 1 saturated heterocycles. The van der Waals surface area contributed by atoms with Crippen LogP contribution in [0, 0.1) is 0 Å². The van der Waals surface area contributed by atoms with Crippen LogP contribution in [0.15, 0.2) is 4.52 Å². The zero-order valence-corrected chi connectivity index (χ0v) is 11.6. The average molecular weight is 266 g/mol. The van der Waals surface area contributed by atoms with Crippen LogP contribution in [0.2, 0.25) is 0 Å². The van der Waals surface area contributed by atoms with E-state index in [1.54, 1.807) is 7.11 Å². The third-order valence-electron chi connectivity index (χ3n) is 4.58. The Labute approximate surface area is 113 Å². The van der Waals surface area contributed by atoms with Crippen molar-refractivity contribution in [3.05, 3.63) is 11.7 Å². The van der Waals surface area contributed by atoms with Crippen molar-refractivity contribution in [2.75, 3.05) is 26.9 Å². The monoisotopic (exact) mass is 266 g/mol. The predicted molar refractivity (Wildman–Crippen MR) is 69.1 cm³/mol. The summed E-state index contributed by atoms with van der Waals surface area (Å²) in [6.07, 6.45) is 6.55. The Bertz CT molecular complexity index is 409. The van der Waals surface area contributed by atoms with Gasteiger partial charge in [-0.1, -0.05) is 11.6 Å². The molecule has 0 spiro atoms. The summed E-state index contributed by atoms with van der Waals surface area (Å²) >= 11 is 0. The molecule has 1 saturated carbocycles. The van der Waals surface area contributed by atoms with Gasteiger partial charge in [0.1, 0.15) is 0 Å². The lowest BCUT2D eigenvalue weighted by atomic mass is 9.66. The van der Waals surface area contributed by atoms with E-state index in [2.05, 4.69) is 5.16 Å². The Hall–Kier alpha value is -0.940. The summed E-state index contributed by atoms with van der Waals surface area (Å²) in [5, 5.41) is 4.26. The minimum absolute atomic E-state index is 0.114. The highest BCUT2D eigenvalue weighted by Crippen LogP contribution is 2.45. The van der Waals surface area contributed by atoms with Crippen LogP contribution < -0.4 is 0 Å². The second-order valence-corrected chi connectivity index (χ2v) is 5.72. The molecule has 19 heavy (non-hydrogen) atoms. The maximum atomic E-state index is 5.51. The quantitative estimate of drug-likeness (QED) is 0.819. The van der Waals surface area contributed by atoms with Crippen LogP contribution in [0.1, 0.15) is 56.2 Å². The Morgan fingerprint density at radius 2 is 2.11 bits per heavy atom. The first-order valence-corrected chi connectivity index (χ1v) is 7.25. The van der Waals surface area contributed by atoms with E-state index >= 15 is 0 Å². The van der Waals surface area contributed by atoms with Gasteiger partial charge in [0.2, 0.25) is 5.89 Å². The SMILES string of the molecule is COCCC1(c2noc(C3CCOCC3)n2)CCC1. The summed E-state index contributed by atoms with van der Waals surface area (Å²) in [7, 11) is 1.75. The van der Waals surface area contributed by atoms with Gasteiger partial charge in [0.05, 0.1) is 0 Å². The minimum Gasteiger partial charge on any atom is -0.385 e. The number of hydrogen-bond donors (Lipinski definition) is 0. The van der Waals surface area contributed by atoms with E-state index in [1.165, 1.54) is 6.42 Å². The van der Waals surface area contributed by atoms with E-state index in [1.807, 2.05) is 0 Å². The zero-order valence-electron chi connectivity index (χ0n) is 11.6. The van der Waals surface area contributed by atoms with E-state index in [0.29, 0.717) is 5.92 Å². The van der Waals surface area contributed by atoms with Crippen LogP contribution in [-0.4, -0.2) is 37.1 Å². The molecule has 1 aromatic heterocycles. The van der Waals surface area contributed by atoms with Crippen molar-refractivity contribution in [3.63, 3.8) is 0 Å². The standard InChI is InChI=1S/C14H22N2O3/c1-17-10-7-14(5-2-6-14)13-15-12(19-16-13)11-3-8-18-9-4-11/h11H,2-10H2,1H3. The summed E-state index contributed by atoms with van der Waals surface area (Å²) in [4.78, 5) is 4.69. The van der Waals surface area contributed by atoms with Gasteiger partial charge in [-0.3, -0.25) is 0 Å². The normalized spacial score (nSPS) is 23.2. The molecule has 106 valence electrons. The van der Waals surface area contributed by atoms with Crippen LogP contribution in [0.5, 0.6) is 0 Å². The minimum atomic E-state index is 0.114. The second kappa shape index (κ2) is 5.59. The fraction of sp³-hybridized carbons (Fsp3) is 0.857. The summed E-state index contributed by atoms with van der Waals surface area (Å²) in [6, 6.07) is 0. The molecule has 5 nitrogen and oxygen atoms in total. The van der Waals surface area contributed by atoms with Crippen molar-refractivity contribution in [1.29, 1.82) is 0 Å². The lowest BCUT2D eigenvalue weighted by Crippen LogP contribution is -2.36. The highest BCUT2D eigenvalue weighted by atomic mass is 16.5. The summed E-state index contributed by atoms with van der Waals surface area (Å²) in [5.41, 5.74) is 0.114. The molecular weight excluding hydrogens is 244 g/mol. The third kappa shape index (κ3) is 2.54. The van der Waals surface area contributed by atoms with Gasteiger partial charge in [0.25, 0.3) is 0 Å². The average Bonchev–Trinajstić information content (AvgIpc) is 2.89. The molecule has 5 heteroatoms. The molecule has 0 atom stereocenters. The van der Waals surface area contributed by atoms with Gasteiger partial charge in [-0.25, -0.2) is 0 Å². The fourth-order valence-electron chi connectivity index (χ4n) is 3.05. The van der Waals surface area contributed by atoms with Gasteiger partial charge in [0, 0.05) is 38.3 Å². The molecule has 2 aliphatic rings. The van der Waals surface area contributed by atoms with E-state index in [-0.39, 0.29) is 5.41 Å². The fourth-order valence-corrected chi connectivity index (χ4v) is 3.05. The van der Waals surface area contributed by atoms with Crippen molar-refractivity contribution in [3.8, 4) is 0 Å². The number of rotatable bonds is 5. The molecule has 0 aromatic carbocycles. The van der Waals surface area contributed by atoms with E-state index in [4.69, 9.17) is 19.0 Å². The number of methoxy groups -OCH3 is 1. The molecule has 0 bridgehead atoms. The second-order valence-electron chi connectivity index (χ2n) is 5.72. The molecule has 1 aromatic rings. The number of aromatic nitrogens is 2. The number of ether oxygens (including phenoxy) is 2. The molecule has 0 amide bonds. The van der Waals surface area contributed by atoms with Crippen molar-refractivity contribution in [2.45, 2.75) is 49.9 Å². The Morgan fingerprint density at radius 3 is 2.74 bits per heavy atom. The number of hydrogen-bond acceptors (Lipinski definition) is 5. The van der Waals surface area contributed by atoms with Crippen molar-refractivity contribution >= 4 is 0 Å². The van der Waals surface area contributed by atoms with Gasteiger partial charge >= 0.3 is 0 Å². The molecule has 0 N–H and O–H groups in total. The maximum absolute atomic E-state index is 5.51. The Balaban J connectivity index is 1.72. The summed E-state index contributed by atoms with van der Waals surface area (Å²) in [5.74, 6) is 2.09. The van der Waals surface area contributed by atoms with E-state index < -0.39 is 0 Å². The molecule has 0 unspecified atom stereocenters. The van der Waals surface area contributed by atoms with Crippen molar-refractivity contribution in [2.24, 2.45) is 0 Å². The first kappa shape index (κ1) is 13.1. The predicted octanol–water partition coefficient (Wildman–Crippen LogP) is 2.42. The van der Waals surface area contributed by atoms with E-state index in [0.717, 1.165) is 63.6 Å². The first-order chi connectivity index (χ1) is 9.34. The molecule has 2 heterocycles. The van der Waals surface area contributed by atoms with Gasteiger partial charge in [0.15, 0.2) is 5.82 Å². The highest BCUT2D eigenvalue weighted by molar-refractivity contribution is 5.13. The molecule has 1 aliphatic heterocycles. The van der Waals surface area contributed by atoms with Crippen LogP contribution in [0.4, 0.5) is 0 Å². The molecule has 0 radical (unpaired) electrons. The largest absolute Gasteiger partial charge is 0.385 e. The van der Waals surface area contributed by atoms with Gasteiger partial charge in [-0.15, -0.1) is 0 Å². The molecular formula is C14H22N2O3. The lowest BCUT2D eigenvalue weighted by molar-refractivity contribution is 0.0778. The smallest absolute Gasteiger partial charge is 0.229 e.